The monoisotopic (exact) mass is 185 g/mol. The number of aliphatic carboxylic acids is 1. The van der Waals surface area contributed by atoms with Crippen LogP contribution in [0.4, 0.5) is 0 Å². The van der Waals surface area contributed by atoms with Crippen molar-refractivity contribution in [2.75, 3.05) is 0 Å². The molecule has 0 spiro atoms. The Morgan fingerprint density at radius 3 is 2.00 bits per heavy atom. The lowest BCUT2D eigenvalue weighted by Gasteiger charge is -2.16. The van der Waals surface area contributed by atoms with Crippen LogP contribution < -0.4 is 4.72 Å². The largest absolute Gasteiger partial charge is 0.478 e. The molecule has 0 aliphatic rings. The van der Waals surface area contributed by atoms with E-state index in [1.54, 1.807) is 0 Å². The fourth-order valence-electron chi connectivity index (χ4n) is 0.295. The molecule has 0 bridgehead atoms. The van der Waals surface area contributed by atoms with Crippen LogP contribution in [-0.2, 0) is 15.1 Å². The number of hydrogen-bond acceptors (Lipinski definition) is 4. The van der Waals surface area contributed by atoms with Crippen LogP contribution in [0, 0.1) is 0 Å². The zero-order chi connectivity index (χ0) is 9.28. The van der Waals surface area contributed by atoms with Gasteiger partial charge in [-0.2, -0.15) is 13.1 Å². The molecule has 0 heterocycles. The molecule has 0 fully saturated rings. The number of carboxylic acid groups (broad SMARTS) is 1. The SMILES string of the molecule is CC(O)(NS(=O)(=O)O)C(=O)O. The smallest absolute Gasteiger partial charge is 0.352 e. The van der Waals surface area contributed by atoms with E-state index < -0.39 is 22.0 Å². The normalized spacial score (nSPS) is 17.4. The summed E-state index contributed by atoms with van der Waals surface area (Å²) in [5.41, 5.74) is -2.69. The minimum Gasteiger partial charge on any atom is -0.478 e. The lowest BCUT2D eigenvalue weighted by atomic mass is 10.3. The van der Waals surface area contributed by atoms with Gasteiger partial charge in [0.1, 0.15) is 0 Å². The van der Waals surface area contributed by atoms with E-state index in [-0.39, 0.29) is 0 Å². The summed E-state index contributed by atoms with van der Waals surface area (Å²) in [6.07, 6.45) is 0. The number of carboxylic acids is 1. The Balaban J connectivity index is 4.51. The van der Waals surface area contributed by atoms with Gasteiger partial charge in [-0.1, -0.05) is 0 Å². The van der Waals surface area contributed by atoms with Gasteiger partial charge < -0.3 is 10.2 Å². The number of aliphatic hydroxyl groups is 1. The number of rotatable bonds is 3. The molecule has 66 valence electrons. The van der Waals surface area contributed by atoms with Gasteiger partial charge in [-0.3, -0.25) is 4.55 Å². The summed E-state index contributed by atoms with van der Waals surface area (Å²) in [5, 5.41) is 16.8. The average molecular weight is 185 g/mol. The molecule has 4 N–H and O–H groups in total. The first-order valence-electron chi connectivity index (χ1n) is 2.37. The Labute approximate surface area is 62.5 Å². The highest BCUT2D eigenvalue weighted by Crippen LogP contribution is 1.98. The Morgan fingerprint density at radius 1 is 1.55 bits per heavy atom. The van der Waals surface area contributed by atoms with Crippen LogP contribution >= 0.6 is 0 Å². The van der Waals surface area contributed by atoms with Crippen LogP contribution in [-0.4, -0.2) is 34.9 Å². The second-order valence-corrected chi connectivity index (χ2v) is 3.11. The highest BCUT2D eigenvalue weighted by Gasteiger charge is 2.33. The van der Waals surface area contributed by atoms with E-state index in [1.807, 2.05) is 0 Å². The first kappa shape index (κ1) is 10.3. The second kappa shape index (κ2) is 2.74. The topological polar surface area (TPSA) is 124 Å². The number of nitrogens with one attached hydrogen (secondary N) is 1. The molecule has 7 nitrogen and oxygen atoms in total. The zero-order valence-corrected chi connectivity index (χ0v) is 6.29. The molecular formula is C3H7NO6S. The first-order chi connectivity index (χ1) is 4.65. The van der Waals surface area contributed by atoms with Gasteiger partial charge in [0.15, 0.2) is 0 Å². The Kier molecular flexibility index (Phi) is 2.56. The van der Waals surface area contributed by atoms with Crippen LogP contribution in [0.1, 0.15) is 6.92 Å². The van der Waals surface area contributed by atoms with Crippen molar-refractivity contribution >= 4 is 16.3 Å². The van der Waals surface area contributed by atoms with Gasteiger partial charge in [0, 0.05) is 0 Å². The third-order valence-electron chi connectivity index (χ3n) is 0.744. The van der Waals surface area contributed by atoms with E-state index in [4.69, 9.17) is 14.8 Å². The summed E-state index contributed by atoms with van der Waals surface area (Å²) in [6, 6.07) is 0. The summed E-state index contributed by atoms with van der Waals surface area (Å²) in [7, 11) is -4.71. The van der Waals surface area contributed by atoms with Gasteiger partial charge in [0.2, 0.25) is 5.72 Å². The van der Waals surface area contributed by atoms with E-state index >= 15 is 0 Å². The molecule has 1 unspecified atom stereocenters. The van der Waals surface area contributed by atoms with E-state index in [9.17, 15) is 13.2 Å². The standard InChI is InChI=1S/C3H7NO6S/c1-3(7,2(5)6)4-11(8,9)10/h4,7H,1H3,(H,5,6)(H,8,9,10). The molecule has 0 aliphatic heterocycles. The van der Waals surface area contributed by atoms with Crippen LogP contribution in [0.5, 0.6) is 0 Å². The highest BCUT2D eigenvalue weighted by atomic mass is 32.2. The fraction of sp³-hybridized carbons (Fsp3) is 0.667. The van der Waals surface area contributed by atoms with Crippen LogP contribution in [0.2, 0.25) is 0 Å². The van der Waals surface area contributed by atoms with Gasteiger partial charge in [0.25, 0.3) is 0 Å². The van der Waals surface area contributed by atoms with E-state index in [1.165, 1.54) is 0 Å². The summed E-state index contributed by atoms with van der Waals surface area (Å²) in [5.74, 6) is -1.81. The maximum absolute atomic E-state index is 10.0. The van der Waals surface area contributed by atoms with Crippen molar-refractivity contribution in [3.63, 3.8) is 0 Å². The van der Waals surface area contributed by atoms with E-state index in [0.717, 1.165) is 4.72 Å². The van der Waals surface area contributed by atoms with Gasteiger partial charge in [0.05, 0.1) is 0 Å². The summed E-state index contributed by atoms with van der Waals surface area (Å²) in [6.45, 7) is 0.670. The van der Waals surface area contributed by atoms with Crippen molar-refractivity contribution in [1.29, 1.82) is 0 Å². The molecule has 11 heavy (non-hydrogen) atoms. The molecule has 0 saturated heterocycles. The van der Waals surface area contributed by atoms with Crippen molar-refractivity contribution in [2.24, 2.45) is 0 Å². The van der Waals surface area contributed by atoms with Crippen molar-refractivity contribution in [2.45, 2.75) is 12.6 Å². The van der Waals surface area contributed by atoms with Gasteiger partial charge in [-0.25, -0.2) is 4.79 Å². The predicted molar refractivity (Wildman–Crippen MR) is 32.9 cm³/mol. The molecule has 1 atom stereocenters. The molecule has 0 aromatic heterocycles. The number of hydrogen-bond donors (Lipinski definition) is 4. The summed E-state index contributed by atoms with van der Waals surface area (Å²) >= 11 is 0. The minimum atomic E-state index is -4.71. The summed E-state index contributed by atoms with van der Waals surface area (Å²) < 4.78 is 29.1. The van der Waals surface area contributed by atoms with E-state index in [2.05, 4.69) is 0 Å². The van der Waals surface area contributed by atoms with Crippen molar-refractivity contribution in [3.05, 3.63) is 0 Å². The number of carbonyl (C=O) groups is 1. The predicted octanol–water partition coefficient (Wildman–Crippen LogP) is -1.83. The van der Waals surface area contributed by atoms with Gasteiger partial charge >= 0.3 is 16.3 Å². The van der Waals surface area contributed by atoms with Crippen LogP contribution in [0.15, 0.2) is 0 Å². The molecule has 0 aromatic carbocycles. The third-order valence-corrected chi connectivity index (χ3v) is 1.40. The molecule has 0 radical (unpaired) electrons. The quantitative estimate of drug-likeness (QED) is 0.303. The molecule has 8 heteroatoms. The van der Waals surface area contributed by atoms with Crippen molar-refractivity contribution < 1.29 is 28.0 Å². The Morgan fingerprint density at radius 2 is 1.91 bits per heavy atom. The van der Waals surface area contributed by atoms with Crippen molar-refractivity contribution in [3.8, 4) is 0 Å². The van der Waals surface area contributed by atoms with E-state index in [0.29, 0.717) is 6.92 Å². The zero-order valence-electron chi connectivity index (χ0n) is 5.47. The minimum absolute atomic E-state index is 0.670. The van der Waals surface area contributed by atoms with Crippen molar-refractivity contribution in [1.82, 2.24) is 4.72 Å². The maximum Gasteiger partial charge on any atom is 0.352 e. The Bertz CT molecular complexity index is 253. The lowest BCUT2D eigenvalue weighted by molar-refractivity contribution is -0.157. The Hall–Kier alpha value is -0.700. The lowest BCUT2D eigenvalue weighted by Crippen LogP contribution is -2.51. The molecule has 0 saturated carbocycles. The van der Waals surface area contributed by atoms with Crippen LogP contribution in [0.3, 0.4) is 0 Å². The molecular weight excluding hydrogens is 178 g/mol. The van der Waals surface area contributed by atoms with Gasteiger partial charge in [-0.05, 0) is 6.92 Å². The summed E-state index contributed by atoms with van der Waals surface area (Å²) in [4.78, 5) is 10.0. The van der Waals surface area contributed by atoms with Crippen LogP contribution in [0.25, 0.3) is 0 Å². The molecule has 0 aromatic rings. The highest BCUT2D eigenvalue weighted by molar-refractivity contribution is 7.83. The second-order valence-electron chi connectivity index (χ2n) is 1.95. The third kappa shape index (κ3) is 3.88. The maximum atomic E-state index is 10.0. The first-order valence-corrected chi connectivity index (χ1v) is 3.81. The average Bonchev–Trinajstić information content (AvgIpc) is 1.56. The fourth-order valence-corrected chi connectivity index (χ4v) is 0.884. The van der Waals surface area contributed by atoms with Gasteiger partial charge in [-0.15, -0.1) is 0 Å². The molecule has 0 aliphatic carbocycles. The molecule has 0 rings (SSSR count). The molecule has 0 amide bonds.